The number of amides is 1. The van der Waals surface area contributed by atoms with Crippen LogP contribution in [0, 0.1) is 11.3 Å². The summed E-state index contributed by atoms with van der Waals surface area (Å²) in [7, 11) is 0. The van der Waals surface area contributed by atoms with Crippen LogP contribution < -0.4 is 20.3 Å². The van der Waals surface area contributed by atoms with E-state index >= 15 is 0 Å². The molecule has 13 heteroatoms. The topological polar surface area (TPSA) is 86.6 Å². The number of nitrogens with zero attached hydrogens (tertiary/aromatic N) is 2. The van der Waals surface area contributed by atoms with Crippen LogP contribution in [0.4, 0.5) is 37.7 Å². The fourth-order valence-corrected chi connectivity index (χ4v) is 4.20. The second-order valence-corrected chi connectivity index (χ2v) is 8.62. The molecule has 3 atom stereocenters. The molecule has 2 N–H and O–H groups in total. The van der Waals surface area contributed by atoms with Gasteiger partial charge in [-0.1, -0.05) is 0 Å². The standard InChI is InChI=1S/C24H22F6N4O3/c25-23(26,27)19-10-16(6-3-14(19)11-31)34-12-18(37-22(34)24(28,29)30)13-36-17-7-4-15(5-8-17)33-21(35)20-2-1-9-32-20/h3-8,10,18,20,22,32H,1-2,9,12-13H2,(H,33,35)/t18-,20-,22+/m0/s1. The highest BCUT2D eigenvalue weighted by atomic mass is 19.4. The highest BCUT2D eigenvalue weighted by Gasteiger charge is 2.51. The Morgan fingerprint density at radius 2 is 1.89 bits per heavy atom. The molecular formula is C24H22F6N4O3. The highest BCUT2D eigenvalue weighted by Crippen LogP contribution is 2.39. The Kier molecular flexibility index (Phi) is 7.52. The molecule has 2 fully saturated rings. The van der Waals surface area contributed by atoms with Gasteiger partial charge in [0.25, 0.3) is 0 Å². The highest BCUT2D eigenvalue weighted by molar-refractivity contribution is 5.95. The maximum Gasteiger partial charge on any atom is 0.433 e. The van der Waals surface area contributed by atoms with Gasteiger partial charge in [0, 0.05) is 11.4 Å². The van der Waals surface area contributed by atoms with Gasteiger partial charge in [-0.3, -0.25) is 4.79 Å². The number of benzene rings is 2. The monoisotopic (exact) mass is 528 g/mol. The first-order valence-electron chi connectivity index (χ1n) is 11.3. The van der Waals surface area contributed by atoms with Gasteiger partial charge >= 0.3 is 12.4 Å². The molecule has 0 saturated carbocycles. The van der Waals surface area contributed by atoms with E-state index in [0.29, 0.717) is 22.4 Å². The summed E-state index contributed by atoms with van der Waals surface area (Å²) in [5.41, 5.74) is -1.89. The summed E-state index contributed by atoms with van der Waals surface area (Å²) in [6, 6.07) is 9.72. The van der Waals surface area contributed by atoms with E-state index in [9.17, 15) is 31.1 Å². The molecule has 0 aliphatic carbocycles. The fraction of sp³-hybridized carbons (Fsp3) is 0.417. The Bertz CT molecular complexity index is 1160. The summed E-state index contributed by atoms with van der Waals surface area (Å²) in [4.78, 5) is 12.8. The molecule has 7 nitrogen and oxygen atoms in total. The number of nitriles is 1. The zero-order valence-corrected chi connectivity index (χ0v) is 19.2. The Labute approximate surface area is 207 Å². The lowest BCUT2D eigenvalue weighted by atomic mass is 10.1. The molecule has 0 radical (unpaired) electrons. The second kappa shape index (κ2) is 10.5. The van der Waals surface area contributed by atoms with Crippen molar-refractivity contribution in [3.63, 3.8) is 0 Å². The van der Waals surface area contributed by atoms with Crippen molar-refractivity contribution in [3.05, 3.63) is 53.6 Å². The molecule has 2 aliphatic rings. The third kappa shape index (κ3) is 6.26. The summed E-state index contributed by atoms with van der Waals surface area (Å²) in [5.74, 6) is 0.139. The minimum Gasteiger partial charge on any atom is -0.491 e. The van der Waals surface area contributed by atoms with Crippen LogP contribution in [0.15, 0.2) is 42.5 Å². The van der Waals surface area contributed by atoms with Crippen molar-refractivity contribution in [2.75, 3.05) is 29.9 Å². The molecule has 0 unspecified atom stereocenters. The Morgan fingerprint density at radius 3 is 2.49 bits per heavy atom. The van der Waals surface area contributed by atoms with Crippen LogP contribution in [-0.4, -0.2) is 50.2 Å². The molecular weight excluding hydrogens is 506 g/mol. The molecule has 1 amide bonds. The van der Waals surface area contributed by atoms with Gasteiger partial charge in [-0.25, -0.2) is 0 Å². The Balaban J connectivity index is 1.42. The smallest absolute Gasteiger partial charge is 0.433 e. The number of rotatable bonds is 6. The maximum absolute atomic E-state index is 13.7. The van der Waals surface area contributed by atoms with Crippen LogP contribution in [-0.2, 0) is 15.7 Å². The predicted octanol–water partition coefficient (Wildman–Crippen LogP) is 4.44. The van der Waals surface area contributed by atoms with Gasteiger partial charge in [0.15, 0.2) is 0 Å². The average Bonchev–Trinajstić information content (AvgIpc) is 3.53. The Hall–Kier alpha value is -3.50. The van der Waals surface area contributed by atoms with E-state index in [1.165, 1.54) is 18.2 Å². The molecule has 0 spiro atoms. The van der Waals surface area contributed by atoms with Crippen molar-refractivity contribution in [1.82, 2.24) is 5.32 Å². The summed E-state index contributed by atoms with van der Waals surface area (Å²) in [6.45, 7) is 0.0779. The van der Waals surface area contributed by atoms with Gasteiger partial charge in [-0.2, -0.15) is 31.6 Å². The number of nitrogens with one attached hydrogen (secondary N) is 2. The first-order chi connectivity index (χ1) is 17.5. The predicted molar refractivity (Wildman–Crippen MR) is 120 cm³/mol. The van der Waals surface area contributed by atoms with Gasteiger partial charge in [0.05, 0.1) is 29.8 Å². The minimum absolute atomic E-state index is 0.166. The molecule has 2 saturated heterocycles. The molecule has 0 aromatic heterocycles. The third-order valence-electron chi connectivity index (χ3n) is 5.98. The van der Waals surface area contributed by atoms with Crippen molar-refractivity contribution in [2.45, 2.75) is 43.6 Å². The van der Waals surface area contributed by atoms with Crippen LogP contribution in [0.2, 0.25) is 0 Å². The van der Waals surface area contributed by atoms with E-state index < -0.39 is 42.4 Å². The van der Waals surface area contributed by atoms with Gasteiger partial charge < -0.3 is 25.0 Å². The lowest BCUT2D eigenvalue weighted by molar-refractivity contribution is -0.215. The lowest BCUT2D eigenvalue weighted by Gasteiger charge is -2.27. The number of carbonyl (C=O) groups excluding carboxylic acids is 1. The summed E-state index contributed by atoms with van der Waals surface area (Å²) < 4.78 is 91.6. The van der Waals surface area contributed by atoms with Crippen molar-refractivity contribution >= 4 is 17.3 Å². The first-order valence-corrected chi connectivity index (χ1v) is 11.3. The van der Waals surface area contributed by atoms with Crippen molar-refractivity contribution < 1.29 is 40.6 Å². The molecule has 2 aromatic carbocycles. The largest absolute Gasteiger partial charge is 0.491 e. The molecule has 198 valence electrons. The summed E-state index contributed by atoms with van der Waals surface area (Å²) in [6.07, 6.45) is -11.8. The number of hydrogen-bond acceptors (Lipinski definition) is 6. The number of halogens is 6. The quantitative estimate of drug-likeness (QED) is 0.540. The zero-order valence-electron chi connectivity index (χ0n) is 19.2. The van der Waals surface area contributed by atoms with Gasteiger partial charge in [-0.05, 0) is 61.9 Å². The van der Waals surface area contributed by atoms with E-state index in [1.807, 2.05) is 0 Å². The average molecular weight is 528 g/mol. The van der Waals surface area contributed by atoms with E-state index in [1.54, 1.807) is 12.1 Å². The number of alkyl halides is 6. The molecule has 0 bridgehead atoms. The van der Waals surface area contributed by atoms with Crippen LogP contribution in [0.3, 0.4) is 0 Å². The van der Waals surface area contributed by atoms with E-state index in [2.05, 4.69) is 10.6 Å². The zero-order chi connectivity index (χ0) is 26.8. The fourth-order valence-electron chi connectivity index (χ4n) is 4.20. The van der Waals surface area contributed by atoms with Gasteiger partial charge in [0.2, 0.25) is 12.1 Å². The normalized spacial score (nSPS) is 22.1. The molecule has 37 heavy (non-hydrogen) atoms. The summed E-state index contributed by atoms with van der Waals surface area (Å²) in [5, 5.41) is 14.8. The van der Waals surface area contributed by atoms with Crippen LogP contribution in [0.1, 0.15) is 24.0 Å². The third-order valence-corrected chi connectivity index (χ3v) is 5.98. The van der Waals surface area contributed by atoms with E-state index in [0.717, 1.165) is 31.5 Å². The maximum atomic E-state index is 13.7. The van der Waals surface area contributed by atoms with Crippen LogP contribution in [0.5, 0.6) is 5.75 Å². The molecule has 4 rings (SSSR count). The second-order valence-electron chi connectivity index (χ2n) is 8.62. The van der Waals surface area contributed by atoms with Crippen LogP contribution in [0.25, 0.3) is 0 Å². The number of carbonyl (C=O) groups is 1. The van der Waals surface area contributed by atoms with Crippen molar-refractivity contribution in [1.29, 1.82) is 5.26 Å². The van der Waals surface area contributed by atoms with Gasteiger partial charge in [-0.15, -0.1) is 0 Å². The number of ether oxygens (including phenoxy) is 2. The molecule has 2 heterocycles. The van der Waals surface area contributed by atoms with Crippen LogP contribution >= 0.6 is 0 Å². The van der Waals surface area contributed by atoms with Crippen molar-refractivity contribution in [2.24, 2.45) is 0 Å². The molecule has 2 aromatic rings. The molecule has 2 aliphatic heterocycles. The minimum atomic E-state index is -4.92. The summed E-state index contributed by atoms with van der Waals surface area (Å²) >= 11 is 0. The number of hydrogen-bond donors (Lipinski definition) is 2. The van der Waals surface area contributed by atoms with Crippen molar-refractivity contribution in [3.8, 4) is 11.8 Å². The number of anilines is 2. The first kappa shape index (κ1) is 26.6. The Morgan fingerprint density at radius 1 is 1.16 bits per heavy atom. The lowest BCUT2D eigenvalue weighted by Crippen LogP contribution is -2.42. The van der Waals surface area contributed by atoms with Gasteiger partial charge in [0.1, 0.15) is 18.5 Å². The SMILES string of the molecule is N#Cc1ccc(N2C[C@@H](COc3ccc(NC(=O)[C@@H]4CCCN4)cc3)O[C@@H]2C(F)(F)F)cc1C(F)(F)F. The van der Waals surface area contributed by atoms with E-state index in [-0.39, 0.29) is 24.2 Å². The van der Waals surface area contributed by atoms with E-state index in [4.69, 9.17) is 14.7 Å².